The second-order valence-electron chi connectivity index (χ2n) is 9.00. The van der Waals surface area contributed by atoms with Crippen LogP contribution in [0.1, 0.15) is 18.4 Å². The molecule has 1 aliphatic heterocycles. The second kappa shape index (κ2) is 9.56. The lowest BCUT2D eigenvalue weighted by atomic mass is 9.94. The third-order valence-electron chi connectivity index (χ3n) is 6.74. The number of hydrogen-bond donors (Lipinski definition) is 1. The van der Waals surface area contributed by atoms with Crippen LogP contribution in [-0.2, 0) is 11.3 Å². The van der Waals surface area contributed by atoms with Crippen LogP contribution in [0.4, 0.5) is 5.82 Å². The van der Waals surface area contributed by atoms with Gasteiger partial charge in [0, 0.05) is 38.0 Å². The molecule has 0 aliphatic carbocycles. The number of phenols is 1. The lowest BCUT2D eigenvalue weighted by Crippen LogP contribution is -2.41. The Balaban J connectivity index is 1.24. The van der Waals surface area contributed by atoms with Crippen molar-refractivity contribution in [2.45, 2.75) is 19.4 Å². The number of para-hydroxylation sites is 1. The van der Waals surface area contributed by atoms with Gasteiger partial charge < -0.3 is 14.9 Å². The zero-order valence-corrected chi connectivity index (χ0v) is 19.4. The second-order valence-corrected chi connectivity index (χ2v) is 9.00. The minimum Gasteiger partial charge on any atom is -0.506 e. The van der Waals surface area contributed by atoms with Gasteiger partial charge in [-0.2, -0.15) is 0 Å². The van der Waals surface area contributed by atoms with Gasteiger partial charge in [0.25, 0.3) is 0 Å². The Bertz CT molecular complexity index is 1300. The number of benzene rings is 3. The zero-order chi connectivity index (χ0) is 23.5. The number of pyridine rings is 1. The summed E-state index contributed by atoms with van der Waals surface area (Å²) in [6, 6.07) is 28.0. The molecule has 0 spiro atoms. The van der Waals surface area contributed by atoms with E-state index in [2.05, 4.69) is 34.1 Å². The highest BCUT2D eigenvalue weighted by molar-refractivity contribution is 5.85. The standard InChI is InChI=1S/C29H29N3O2/c1-31(20-24-10-5-6-12-25(24)21-8-3-2-4-9-21)29(34)23-16-18-32(19-17-23)27-15-14-22-11-7-13-26(33)28(22)30-27/h2-15,23,33H,16-20H2,1H3. The summed E-state index contributed by atoms with van der Waals surface area (Å²) in [5.41, 5.74) is 4.11. The minimum atomic E-state index is 0.0130. The van der Waals surface area contributed by atoms with Crippen molar-refractivity contribution in [3.63, 3.8) is 0 Å². The molecular weight excluding hydrogens is 422 g/mol. The van der Waals surface area contributed by atoms with Gasteiger partial charge in [-0.25, -0.2) is 4.98 Å². The number of phenolic OH excluding ortho intramolecular Hbond substituents is 1. The highest BCUT2D eigenvalue weighted by Gasteiger charge is 2.28. The van der Waals surface area contributed by atoms with Gasteiger partial charge in [0.1, 0.15) is 17.1 Å². The molecule has 34 heavy (non-hydrogen) atoms. The highest BCUT2D eigenvalue weighted by atomic mass is 16.3. The zero-order valence-electron chi connectivity index (χ0n) is 19.4. The number of aromatic hydroxyl groups is 1. The Kier molecular flexibility index (Phi) is 6.17. The molecule has 0 saturated carbocycles. The van der Waals surface area contributed by atoms with Crippen molar-refractivity contribution in [1.29, 1.82) is 0 Å². The molecule has 0 atom stereocenters. The van der Waals surface area contributed by atoms with Crippen LogP contribution in [0.2, 0.25) is 0 Å². The van der Waals surface area contributed by atoms with Crippen LogP contribution in [-0.4, -0.2) is 41.0 Å². The fourth-order valence-electron chi connectivity index (χ4n) is 4.86. The third kappa shape index (κ3) is 4.46. The Morgan fingerprint density at radius 3 is 2.47 bits per heavy atom. The normalized spacial score (nSPS) is 14.3. The van der Waals surface area contributed by atoms with Gasteiger partial charge in [0.2, 0.25) is 5.91 Å². The number of carbonyl (C=O) groups is 1. The van der Waals surface area contributed by atoms with E-state index in [0.29, 0.717) is 12.1 Å². The van der Waals surface area contributed by atoms with Crippen LogP contribution in [0, 0.1) is 5.92 Å². The Hall–Kier alpha value is -3.86. The van der Waals surface area contributed by atoms with Crippen molar-refractivity contribution in [3.8, 4) is 16.9 Å². The maximum Gasteiger partial charge on any atom is 0.225 e. The number of fused-ring (bicyclic) bond motifs is 1. The van der Waals surface area contributed by atoms with Crippen LogP contribution in [0.15, 0.2) is 84.9 Å². The molecule has 1 amide bonds. The van der Waals surface area contributed by atoms with E-state index in [1.54, 1.807) is 6.07 Å². The highest BCUT2D eigenvalue weighted by Crippen LogP contribution is 2.29. The fourth-order valence-corrected chi connectivity index (χ4v) is 4.86. The quantitative estimate of drug-likeness (QED) is 0.436. The Morgan fingerprint density at radius 1 is 0.941 bits per heavy atom. The van der Waals surface area contributed by atoms with Crippen molar-refractivity contribution in [1.82, 2.24) is 9.88 Å². The molecule has 2 heterocycles. The molecule has 5 rings (SSSR count). The van der Waals surface area contributed by atoms with Crippen molar-refractivity contribution < 1.29 is 9.90 Å². The summed E-state index contributed by atoms with van der Waals surface area (Å²) in [6.07, 6.45) is 1.59. The largest absolute Gasteiger partial charge is 0.506 e. The van der Waals surface area contributed by atoms with Crippen molar-refractivity contribution in [2.24, 2.45) is 5.92 Å². The number of hydrogen-bond acceptors (Lipinski definition) is 4. The van der Waals surface area contributed by atoms with Crippen LogP contribution < -0.4 is 4.90 Å². The number of anilines is 1. The molecule has 1 N–H and O–H groups in total. The topological polar surface area (TPSA) is 56.7 Å². The smallest absolute Gasteiger partial charge is 0.225 e. The monoisotopic (exact) mass is 451 g/mol. The summed E-state index contributed by atoms with van der Waals surface area (Å²) in [7, 11) is 1.91. The molecule has 172 valence electrons. The van der Waals surface area contributed by atoms with E-state index in [0.717, 1.165) is 42.7 Å². The SMILES string of the molecule is CN(Cc1ccccc1-c1ccccc1)C(=O)C1CCN(c2ccc3cccc(O)c3n2)CC1. The van der Waals surface area contributed by atoms with Crippen molar-refractivity contribution >= 4 is 22.6 Å². The molecular formula is C29H29N3O2. The first-order chi connectivity index (χ1) is 16.6. The van der Waals surface area contributed by atoms with Crippen LogP contribution in [0.5, 0.6) is 5.75 Å². The van der Waals surface area contributed by atoms with Gasteiger partial charge in [-0.15, -0.1) is 0 Å². The number of piperidine rings is 1. The number of nitrogens with zero attached hydrogens (tertiary/aromatic N) is 3. The van der Waals surface area contributed by atoms with E-state index < -0.39 is 0 Å². The fraction of sp³-hybridized carbons (Fsp3) is 0.241. The van der Waals surface area contributed by atoms with Gasteiger partial charge in [-0.3, -0.25) is 4.79 Å². The summed E-state index contributed by atoms with van der Waals surface area (Å²) in [5.74, 6) is 1.26. The molecule has 3 aromatic carbocycles. The first-order valence-electron chi connectivity index (χ1n) is 11.8. The molecule has 4 aromatic rings. The Morgan fingerprint density at radius 2 is 1.68 bits per heavy atom. The van der Waals surface area contributed by atoms with Gasteiger partial charge in [-0.1, -0.05) is 66.7 Å². The number of carbonyl (C=O) groups excluding carboxylic acids is 1. The third-order valence-corrected chi connectivity index (χ3v) is 6.74. The van der Waals surface area contributed by atoms with Crippen molar-refractivity contribution in [3.05, 3.63) is 90.5 Å². The predicted octanol–water partition coefficient (Wildman–Crippen LogP) is 5.48. The van der Waals surface area contributed by atoms with E-state index in [1.807, 2.05) is 66.5 Å². The summed E-state index contributed by atoms with van der Waals surface area (Å²) < 4.78 is 0. The van der Waals surface area contributed by atoms with E-state index in [9.17, 15) is 9.90 Å². The van der Waals surface area contributed by atoms with Gasteiger partial charge in [0.05, 0.1) is 0 Å². The molecule has 1 saturated heterocycles. The molecule has 1 fully saturated rings. The average molecular weight is 452 g/mol. The van der Waals surface area contributed by atoms with Crippen molar-refractivity contribution in [2.75, 3.05) is 25.0 Å². The van der Waals surface area contributed by atoms with Gasteiger partial charge in [-0.05, 0) is 47.7 Å². The predicted molar refractivity (Wildman–Crippen MR) is 137 cm³/mol. The lowest BCUT2D eigenvalue weighted by molar-refractivity contribution is -0.135. The molecule has 0 bridgehead atoms. The number of rotatable bonds is 5. The van der Waals surface area contributed by atoms with E-state index in [-0.39, 0.29) is 17.6 Å². The van der Waals surface area contributed by atoms with Crippen LogP contribution in [0.3, 0.4) is 0 Å². The molecule has 1 aliphatic rings. The molecule has 5 heteroatoms. The first-order valence-corrected chi connectivity index (χ1v) is 11.8. The Labute approximate surface area is 200 Å². The minimum absolute atomic E-state index is 0.0130. The summed E-state index contributed by atoms with van der Waals surface area (Å²) in [6.45, 7) is 2.14. The van der Waals surface area contributed by atoms with Gasteiger partial charge >= 0.3 is 0 Å². The maximum absolute atomic E-state index is 13.3. The summed E-state index contributed by atoms with van der Waals surface area (Å²) >= 11 is 0. The maximum atomic E-state index is 13.3. The molecule has 0 unspecified atom stereocenters. The summed E-state index contributed by atoms with van der Waals surface area (Å²) in [4.78, 5) is 22.0. The van der Waals surface area contributed by atoms with Crippen LogP contribution >= 0.6 is 0 Å². The number of amides is 1. The number of aromatic nitrogens is 1. The molecule has 1 aromatic heterocycles. The van der Waals surface area contributed by atoms with E-state index in [4.69, 9.17) is 0 Å². The van der Waals surface area contributed by atoms with E-state index >= 15 is 0 Å². The summed E-state index contributed by atoms with van der Waals surface area (Å²) in [5, 5.41) is 11.1. The van der Waals surface area contributed by atoms with Gasteiger partial charge in [0.15, 0.2) is 0 Å². The van der Waals surface area contributed by atoms with E-state index in [1.165, 1.54) is 11.1 Å². The molecule has 0 radical (unpaired) electrons. The van der Waals surface area contributed by atoms with Crippen LogP contribution in [0.25, 0.3) is 22.0 Å². The first kappa shape index (κ1) is 22.0. The average Bonchev–Trinajstić information content (AvgIpc) is 2.89. The lowest BCUT2D eigenvalue weighted by Gasteiger charge is -2.34. The molecule has 5 nitrogen and oxygen atoms in total.